The van der Waals surface area contributed by atoms with Gasteiger partial charge in [0.25, 0.3) is 0 Å². The molecule has 7 nitrogen and oxygen atoms in total. The van der Waals surface area contributed by atoms with Crippen LogP contribution in [-0.2, 0) is 22.3 Å². The number of ether oxygens (including phenoxy) is 2. The molecule has 0 radical (unpaired) electrons. The maximum Gasteiger partial charge on any atom is 0.340 e. The molecule has 1 aliphatic carbocycles. The number of Topliss-reactive ketones (excluding diaryl/α,β-unsaturated/α-hetero) is 1. The van der Waals surface area contributed by atoms with Gasteiger partial charge >= 0.3 is 11.9 Å². The molecule has 36 heavy (non-hydrogen) atoms. The number of aryl methyl sites for hydroxylation is 2. The molecule has 1 atom stereocenters. The monoisotopic (exact) mass is 490 g/mol. The van der Waals surface area contributed by atoms with E-state index >= 15 is 0 Å². The van der Waals surface area contributed by atoms with Crippen LogP contribution in [0.4, 0.5) is 0 Å². The number of benzene rings is 1. The van der Waals surface area contributed by atoms with Gasteiger partial charge in [0.15, 0.2) is 6.61 Å². The van der Waals surface area contributed by atoms with E-state index in [1.54, 1.807) is 20.8 Å². The Balaban J connectivity index is 1.63. The zero-order valence-corrected chi connectivity index (χ0v) is 21.9. The van der Waals surface area contributed by atoms with Gasteiger partial charge in [-0.2, -0.15) is 0 Å². The molecule has 1 aromatic carbocycles. The lowest BCUT2D eigenvalue weighted by atomic mass is 9.70. The van der Waals surface area contributed by atoms with E-state index in [9.17, 15) is 14.4 Å². The van der Waals surface area contributed by atoms with Crippen LogP contribution >= 0.6 is 0 Å². The molecule has 0 saturated carbocycles. The first-order chi connectivity index (χ1) is 17.0. The van der Waals surface area contributed by atoms with Gasteiger partial charge in [-0.05, 0) is 68.6 Å². The number of para-hydroxylation sites is 1. The Labute approximate surface area is 211 Å². The van der Waals surface area contributed by atoms with Gasteiger partial charge in [0.1, 0.15) is 0 Å². The minimum atomic E-state index is -0.528. The van der Waals surface area contributed by atoms with E-state index in [0.29, 0.717) is 28.3 Å². The van der Waals surface area contributed by atoms with Crippen LogP contribution in [0.15, 0.2) is 24.3 Å². The molecule has 0 saturated heterocycles. The Morgan fingerprint density at radius 3 is 2.44 bits per heavy atom. The summed E-state index contributed by atoms with van der Waals surface area (Å²) < 4.78 is 10.7. The minimum Gasteiger partial charge on any atom is -0.462 e. The minimum absolute atomic E-state index is 0.0973. The molecule has 0 unspecified atom stereocenters. The van der Waals surface area contributed by atoms with Gasteiger partial charge in [-0.15, -0.1) is 0 Å². The fourth-order valence-electron chi connectivity index (χ4n) is 5.17. The first-order valence-electron chi connectivity index (χ1n) is 12.5. The van der Waals surface area contributed by atoms with Crippen LogP contribution in [0.5, 0.6) is 0 Å². The summed E-state index contributed by atoms with van der Waals surface area (Å²) in [7, 11) is 0. The van der Waals surface area contributed by atoms with Gasteiger partial charge < -0.3 is 14.5 Å². The summed E-state index contributed by atoms with van der Waals surface area (Å²) in [5.41, 5.74) is 4.83. The van der Waals surface area contributed by atoms with Crippen molar-refractivity contribution in [3.63, 3.8) is 0 Å². The number of ketones is 1. The standard InChI is InChI=1S/C29H34N2O5/c1-7-35-27(33)24-16(2)26(30-17(24)3)23(32)15-36-28(34)25-19-10-8-9-11-21(19)31-22-13-12-18(14-20(22)25)29(4,5)6/h8-11,18,30H,7,12-15H2,1-6H3/t18-/m0/s1. The molecule has 2 heterocycles. The molecule has 4 rings (SSSR count). The number of rotatable bonds is 6. The van der Waals surface area contributed by atoms with E-state index in [1.807, 2.05) is 24.3 Å². The number of fused-ring (bicyclic) bond motifs is 2. The summed E-state index contributed by atoms with van der Waals surface area (Å²) in [6, 6.07) is 7.56. The molecule has 7 heteroatoms. The maximum absolute atomic E-state index is 13.5. The summed E-state index contributed by atoms with van der Waals surface area (Å²) in [5.74, 6) is -1.01. The van der Waals surface area contributed by atoms with E-state index in [1.165, 1.54) is 0 Å². The van der Waals surface area contributed by atoms with Crippen LogP contribution in [0.3, 0.4) is 0 Å². The van der Waals surface area contributed by atoms with Crippen LogP contribution in [0.2, 0.25) is 0 Å². The van der Waals surface area contributed by atoms with Crippen molar-refractivity contribution in [2.75, 3.05) is 13.2 Å². The van der Waals surface area contributed by atoms with Crippen molar-refractivity contribution in [3.05, 3.63) is 63.6 Å². The summed E-state index contributed by atoms with van der Waals surface area (Å²) in [6.45, 7) is 11.6. The highest BCUT2D eigenvalue weighted by Gasteiger charge is 2.33. The van der Waals surface area contributed by atoms with E-state index in [0.717, 1.165) is 41.4 Å². The molecule has 0 amide bonds. The van der Waals surface area contributed by atoms with Gasteiger partial charge in [0, 0.05) is 16.8 Å². The smallest absolute Gasteiger partial charge is 0.340 e. The second-order valence-corrected chi connectivity index (χ2v) is 10.6. The van der Waals surface area contributed by atoms with Crippen molar-refractivity contribution >= 4 is 28.6 Å². The Morgan fingerprint density at radius 1 is 1.06 bits per heavy atom. The normalized spacial score (nSPS) is 15.4. The topological polar surface area (TPSA) is 98.4 Å². The molecule has 1 N–H and O–H groups in total. The summed E-state index contributed by atoms with van der Waals surface area (Å²) in [5, 5.41) is 0.736. The van der Waals surface area contributed by atoms with Gasteiger partial charge in [-0.1, -0.05) is 39.0 Å². The summed E-state index contributed by atoms with van der Waals surface area (Å²) in [6.07, 6.45) is 2.56. The molecule has 2 aromatic heterocycles. The van der Waals surface area contributed by atoms with E-state index < -0.39 is 24.3 Å². The number of hydrogen-bond acceptors (Lipinski definition) is 6. The number of nitrogens with zero attached hydrogens (tertiary/aromatic N) is 1. The summed E-state index contributed by atoms with van der Waals surface area (Å²) >= 11 is 0. The van der Waals surface area contributed by atoms with Crippen LogP contribution in [-0.4, -0.2) is 40.9 Å². The molecule has 0 bridgehead atoms. The third-order valence-corrected chi connectivity index (χ3v) is 7.22. The Morgan fingerprint density at radius 2 is 1.75 bits per heavy atom. The number of H-pyrrole nitrogens is 1. The molecule has 3 aromatic rings. The number of nitrogens with one attached hydrogen (secondary N) is 1. The van der Waals surface area contributed by atoms with Gasteiger partial charge in [0.2, 0.25) is 5.78 Å². The Bertz CT molecular complexity index is 1350. The number of aromatic amines is 1. The highest BCUT2D eigenvalue weighted by Crippen LogP contribution is 2.39. The fourth-order valence-corrected chi connectivity index (χ4v) is 5.17. The summed E-state index contributed by atoms with van der Waals surface area (Å²) in [4.78, 5) is 46.6. The van der Waals surface area contributed by atoms with Gasteiger partial charge in [-0.25, -0.2) is 9.59 Å². The van der Waals surface area contributed by atoms with E-state index in [4.69, 9.17) is 14.5 Å². The second kappa shape index (κ2) is 9.88. The first-order valence-corrected chi connectivity index (χ1v) is 12.5. The third kappa shape index (κ3) is 4.79. The second-order valence-electron chi connectivity index (χ2n) is 10.6. The maximum atomic E-state index is 13.5. The molecule has 190 valence electrons. The number of carbonyl (C=O) groups is 3. The van der Waals surface area contributed by atoms with Gasteiger partial charge in [-0.3, -0.25) is 9.78 Å². The van der Waals surface area contributed by atoms with Crippen LogP contribution in [0, 0.1) is 25.2 Å². The number of esters is 2. The first kappa shape index (κ1) is 25.6. The highest BCUT2D eigenvalue weighted by atomic mass is 16.5. The molecular weight excluding hydrogens is 456 g/mol. The average Bonchev–Trinajstić information content (AvgIpc) is 3.13. The SMILES string of the molecule is CCOC(=O)c1c(C)[nH]c(C(=O)COC(=O)c2c3c(nc4ccccc24)CC[C@H](C(C)(C)C)C3)c1C. The number of pyridine rings is 1. The predicted molar refractivity (Wildman–Crippen MR) is 138 cm³/mol. The quantitative estimate of drug-likeness (QED) is 0.359. The van der Waals surface area contributed by atoms with Crippen molar-refractivity contribution in [3.8, 4) is 0 Å². The number of carbonyl (C=O) groups excluding carboxylic acids is 3. The van der Waals surface area contributed by atoms with Crippen molar-refractivity contribution in [2.24, 2.45) is 11.3 Å². The predicted octanol–water partition coefficient (Wildman–Crippen LogP) is 5.55. The molecular formula is C29H34N2O5. The molecule has 1 aliphatic rings. The van der Waals surface area contributed by atoms with Crippen molar-refractivity contribution in [1.29, 1.82) is 0 Å². The molecule has 0 spiro atoms. The zero-order valence-electron chi connectivity index (χ0n) is 21.9. The van der Waals surface area contributed by atoms with Crippen LogP contribution < -0.4 is 0 Å². The Hall–Kier alpha value is -3.48. The highest BCUT2D eigenvalue weighted by molar-refractivity contribution is 6.07. The Kier molecular flexibility index (Phi) is 7.03. The van der Waals surface area contributed by atoms with Crippen molar-refractivity contribution < 1.29 is 23.9 Å². The van der Waals surface area contributed by atoms with Crippen molar-refractivity contribution in [2.45, 2.75) is 60.8 Å². The molecule has 0 aliphatic heterocycles. The third-order valence-electron chi connectivity index (χ3n) is 7.22. The lowest BCUT2D eigenvalue weighted by molar-refractivity contribution is 0.0471. The van der Waals surface area contributed by atoms with E-state index in [-0.39, 0.29) is 17.7 Å². The van der Waals surface area contributed by atoms with Crippen molar-refractivity contribution in [1.82, 2.24) is 9.97 Å². The van der Waals surface area contributed by atoms with Gasteiger partial charge in [0.05, 0.1) is 28.9 Å². The lowest BCUT2D eigenvalue weighted by Gasteiger charge is -2.35. The zero-order chi connectivity index (χ0) is 26.2. The lowest BCUT2D eigenvalue weighted by Crippen LogP contribution is -2.29. The number of aromatic nitrogens is 2. The number of hydrogen-bond donors (Lipinski definition) is 1. The molecule has 0 fully saturated rings. The fraction of sp³-hybridized carbons (Fsp3) is 0.448. The van der Waals surface area contributed by atoms with Crippen LogP contribution in [0.25, 0.3) is 10.9 Å². The average molecular weight is 491 g/mol. The van der Waals surface area contributed by atoms with Crippen LogP contribution in [0.1, 0.15) is 87.8 Å². The largest absolute Gasteiger partial charge is 0.462 e. The van der Waals surface area contributed by atoms with E-state index in [2.05, 4.69) is 25.8 Å².